The summed E-state index contributed by atoms with van der Waals surface area (Å²) >= 11 is 0. The number of likely N-dealkylation sites (tertiary alicyclic amines) is 2. The molecule has 2 aromatic carbocycles. The number of fused-ring (bicyclic) bond motifs is 1. The van der Waals surface area contributed by atoms with Crippen molar-refractivity contribution in [2.75, 3.05) is 31.1 Å². The van der Waals surface area contributed by atoms with Gasteiger partial charge in [-0.25, -0.2) is 4.79 Å². The summed E-state index contributed by atoms with van der Waals surface area (Å²) in [6, 6.07) is 11.5. The number of anilines is 1. The first-order valence-corrected chi connectivity index (χ1v) is 13.7. The first-order valence-electron chi connectivity index (χ1n) is 13.7. The van der Waals surface area contributed by atoms with E-state index >= 15 is 0 Å². The van der Waals surface area contributed by atoms with Crippen molar-refractivity contribution in [3.63, 3.8) is 0 Å². The summed E-state index contributed by atoms with van der Waals surface area (Å²) in [5.74, 6) is -0.632. The SMILES string of the molecule is CC(=O)N1CCC(Oc2ccc(CC(=O)N3CCC(N4C(=O)OCc5ccccc54)CC3)c(OC(F)(F)F)c2)CC1. The molecule has 3 aliphatic rings. The number of carbonyl (C=O) groups is 3. The Hall–Kier alpha value is -3.96. The zero-order chi connectivity index (χ0) is 29.1. The molecule has 2 aromatic rings. The molecule has 9 nitrogen and oxygen atoms in total. The molecule has 0 unspecified atom stereocenters. The quantitative estimate of drug-likeness (QED) is 0.498. The highest BCUT2D eigenvalue weighted by atomic mass is 19.4. The van der Waals surface area contributed by atoms with E-state index in [0.29, 0.717) is 51.9 Å². The number of hydrogen-bond donors (Lipinski definition) is 0. The second-order valence-electron chi connectivity index (χ2n) is 10.5. The van der Waals surface area contributed by atoms with E-state index < -0.39 is 18.2 Å². The van der Waals surface area contributed by atoms with E-state index in [1.54, 1.807) is 14.7 Å². The minimum absolute atomic E-state index is 0.0260. The summed E-state index contributed by atoms with van der Waals surface area (Å²) in [5, 5.41) is 0. The monoisotopic (exact) mass is 575 g/mol. The van der Waals surface area contributed by atoms with Crippen LogP contribution >= 0.6 is 0 Å². The van der Waals surface area contributed by atoms with Crippen LogP contribution in [0.4, 0.5) is 23.7 Å². The third-order valence-corrected chi connectivity index (χ3v) is 7.78. The smallest absolute Gasteiger partial charge is 0.490 e. The van der Waals surface area contributed by atoms with Crippen LogP contribution in [-0.2, 0) is 27.4 Å². The maximum absolute atomic E-state index is 13.2. The molecule has 2 fully saturated rings. The third-order valence-electron chi connectivity index (χ3n) is 7.78. The van der Waals surface area contributed by atoms with Crippen molar-refractivity contribution in [3.05, 3.63) is 53.6 Å². The molecule has 0 aliphatic carbocycles. The number of cyclic esters (lactones) is 1. The minimum Gasteiger partial charge on any atom is -0.490 e. The molecule has 3 aliphatic heterocycles. The molecule has 0 bridgehead atoms. The van der Waals surface area contributed by atoms with Crippen LogP contribution in [-0.4, -0.2) is 72.4 Å². The van der Waals surface area contributed by atoms with Gasteiger partial charge in [-0.3, -0.25) is 14.5 Å². The Morgan fingerprint density at radius 2 is 1.66 bits per heavy atom. The molecule has 0 radical (unpaired) electrons. The van der Waals surface area contributed by atoms with Crippen molar-refractivity contribution in [3.8, 4) is 11.5 Å². The lowest BCUT2D eigenvalue weighted by Gasteiger charge is -2.40. The molecule has 0 aromatic heterocycles. The highest BCUT2D eigenvalue weighted by molar-refractivity contribution is 5.91. The molecule has 0 saturated carbocycles. The van der Waals surface area contributed by atoms with E-state index in [4.69, 9.17) is 9.47 Å². The minimum atomic E-state index is -4.94. The molecule has 41 heavy (non-hydrogen) atoms. The summed E-state index contributed by atoms with van der Waals surface area (Å²) in [4.78, 5) is 42.2. The van der Waals surface area contributed by atoms with Crippen molar-refractivity contribution in [1.29, 1.82) is 0 Å². The van der Waals surface area contributed by atoms with Crippen molar-refractivity contribution in [2.24, 2.45) is 0 Å². The lowest BCUT2D eigenvalue weighted by molar-refractivity contribution is -0.275. The summed E-state index contributed by atoms with van der Waals surface area (Å²) in [7, 11) is 0. The Balaban J connectivity index is 1.22. The van der Waals surface area contributed by atoms with Crippen LogP contribution in [0.25, 0.3) is 0 Å². The average Bonchev–Trinajstić information content (AvgIpc) is 2.94. The van der Waals surface area contributed by atoms with E-state index in [2.05, 4.69) is 4.74 Å². The standard InChI is InChI=1S/C29H32F3N3O6/c1-19(36)33-14-10-23(11-15-33)40-24-7-6-20(26(17-24)41-29(30,31)32)16-27(37)34-12-8-22(9-13-34)35-25-5-3-2-4-21(25)18-39-28(35)38/h2-7,17,22-23H,8-16,18H2,1H3. The lowest BCUT2D eigenvalue weighted by Crippen LogP contribution is -2.50. The van der Waals surface area contributed by atoms with Crippen molar-refractivity contribution in [2.45, 2.75) is 64.1 Å². The molecule has 0 atom stereocenters. The van der Waals surface area contributed by atoms with E-state index in [9.17, 15) is 27.6 Å². The molecule has 3 amide bonds. The van der Waals surface area contributed by atoms with Crippen LogP contribution in [0.3, 0.4) is 0 Å². The maximum atomic E-state index is 13.2. The molecular formula is C29H32F3N3O6. The number of amides is 3. The average molecular weight is 576 g/mol. The molecule has 2 saturated heterocycles. The van der Waals surface area contributed by atoms with Gasteiger partial charge in [0.2, 0.25) is 11.8 Å². The third kappa shape index (κ3) is 6.86. The molecule has 220 valence electrons. The Kier molecular flexibility index (Phi) is 8.27. The van der Waals surface area contributed by atoms with Gasteiger partial charge in [-0.2, -0.15) is 0 Å². The summed E-state index contributed by atoms with van der Waals surface area (Å²) in [6.07, 6.45) is -3.75. The van der Waals surface area contributed by atoms with Crippen molar-refractivity contribution in [1.82, 2.24) is 9.80 Å². The van der Waals surface area contributed by atoms with E-state index in [1.165, 1.54) is 25.1 Å². The van der Waals surface area contributed by atoms with Gasteiger partial charge in [-0.15, -0.1) is 13.2 Å². The number of nitrogens with zero attached hydrogens (tertiary/aromatic N) is 3. The van der Waals surface area contributed by atoms with Crippen LogP contribution in [0.5, 0.6) is 11.5 Å². The van der Waals surface area contributed by atoms with Gasteiger partial charge in [-0.1, -0.05) is 24.3 Å². The molecule has 3 heterocycles. The number of alkyl halides is 3. The van der Waals surface area contributed by atoms with E-state index in [0.717, 1.165) is 11.3 Å². The molecule has 12 heteroatoms. The molecule has 0 spiro atoms. The number of para-hydroxylation sites is 1. The first-order chi connectivity index (χ1) is 19.6. The van der Waals surface area contributed by atoms with Crippen LogP contribution < -0.4 is 14.4 Å². The van der Waals surface area contributed by atoms with Gasteiger partial charge < -0.3 is 24.0 Å². The lowest BCUT2D eigenvalue weighted by atomic mass is 10.00. The summed E-state index contributed by atoms with van der Waals surface area (Å²) in [6.45, 7) is 3.44. The highest BCUT2D eigenvalue weighted by Crippen LogP contribution is 2.34. The van der Waals surface area contributed by atoms with Crippen LogP contribution in [0.15, 0.2) is 42.5 Å². The predicted molar refractivity (Wildman–Crippen MR) is 141 cm³/mol. The number of carbonyl (C=O) groups excluding carboxylic acids is 3. The zero-order valence-corrected chi connectivity index (χ0v) is 22.7. The summed E-state index contributed by atoms with van der Waals surface area (Å²) < 4.78 is 55.2. The Labute approximate surface area is 235 Å². The topological polar surface area (TPSA) is 88.6 Å². The fourth-order valence-electron chi connectivity index (χ4n) is 5.62. The van der Waals surface area contributed by atoms with Gasteiger partial charge in [0.15, 0.2) is 0 Å². The zero-order valence-electron chi connectivity index (χ0n) is 22.7. The van der Waals surface area contributed by atoms with Gasteiger partial charge >= 0.3 is 12.5 Å². The fraction of sp³-hybridized carbons (Fsp3) is 0.483. The van der Waals surface area contributed by atoms with Gasteiger partial charge in [-0.05, 0) is 25.0 Å². The van der Waals surface area contributed by atoms with Gasteiger partial charge in [0.1, 0.15) is 24.2 Å². The van der Waals surface area contributed by atoms with Crippen molar-refractivity contribution < 1.29 is 41.8 Å². The summed E-state index contributed by atoms with van der Waals surface area (Å²) in [5.41, 5.74) is 1.81. The molecular weight excluding hydrogens is 543 g/mol. The van der Waals surface area contributed by atoms with Crippen LogP contribution in [0.1, 0.15) is 43.7 Å². The highest BCUT2D eigenvalue weighted by Gasteiger charge is 2.36. The fourth-order valence-corrected chi connectivity index (χ4v) is 5.62. The number of piperidine rings is 2. The van der Waals surface area contributed by atoms with Crippen LogP contribution in [0.2, 0.25) is 0 Å². The van der Waals surface area contributed by atoms with E-state index in [-0.39, 0.29) is 48.3 Å². The molecule has 5 rings (SSSR count). The van der Waals surface area contributed by atoms with Crippen LogP contribution in [0, 0.1) is 0 Å². The Morgan fingerprint density at radius 3 is 2.34 bits per heavy atom. The second-order valence-corrected chi connectivity index (χ2v) is 10.5. The number of benzene rings is 2. The number of halogens is 3. The first kappa shape index (κ1) is 28.6. The predicted octanol–water partition coefficient (Wildman–Crippen LogP) is 4.67. The van der Waals surface area contributed by atoms with Crippen molar-refractivity contribution >= 4 is 23.6 Å². The number of rotatable bonds is 6. The Bertz CT molecular complexity index is 1290. The normalized spacial score (nSPS) is 18.5. The second kappa shape index (κ2) is 11.9. The number of hydrogen-bond acceptors (Lipinski definition) is 6. The largest absolute Gasteiger partial charge is 0.573 e. The van der Waals surface area contributed by atoms with Gasteiger partial charge in [0.05, 0.1) is 12.1 Å². The number of ether oxygens (including phenoxy) is 3. The van der Waals surface area contributed by atoms with E-state index in [1.807, 2.05) is 24.3 Å². The van der Waals surface area contributed by atoms with Gasteiger partial charge in [0, 0.05) is 69.2 Å². The molecule has 0 N–H and O–H groups in total. The Morgan fingerprint density at radius 1 is 0.976 bits per heavy atom. The maximum Gasteiger partial charge on any atom is 0.573 e. The van der Waals surface area contributed by atoms with Gasteiger partial charge in [0.25, 0.3) is 0 Å².